The maximum atomic E-state index is 12.8. The second kappa shape index (κ2) is 7.79. The van der Waals surface area contributed by atoms with Gasteiger partial charge in [-0.2, -0.15) is 0 Å². The van der Waals surface area contributed by atoms with E-state index in [0.29, 0.717) is 40.9 Å². The van der Waals surface area contributed by atoms with E-state index in [9.17, 15) is 9.59 Å². The first-order valence-electron chi connectivity index (χ1n) is 8.46. The van der Waals surface area contributed by atoms with E-state index in [-0.39, 0.29) is 11.5 Å². The highest BCUT2D eigenvalue weighted by Gasteiger charge is 2.18. The van der Waals surface area contributed by atoms with Gasteiger partial charge in [-0.3, -0.25) is 9.59 Å². The van der Waals surface area contributed by atoms with Crippen molar-refractivity contribution in [2.24, 2.45) is 0 Å². The quantitative estimate of drug-likeness (QED) is 0.703. The summed E-state index contributed by atoms with van der Waals surface area (Å²) in [5, 5.41) is 6.66. The van der Waals surface area contributed by atoms with Crippen molar-refractivity contribution in [3.05, 3.63) is 50.3 Å². The van der Waals surface area contributed by atoms with E-state index < -0.39 is 0 Å². The maximum Gasteiger partial charge on any atom is 0.258 e. The molecule has 0 saturated carbocycles. The van der Waals surface area contributed by atoms with Crippen molar-refractivity contribution >= 4 is 28.0 Å². The van der Waals surface area contributed by atoms with Crippen LogP contribution in [-0.4, -0.2) is 29.7 Å². The van der Waals surface area contributed by atoms with Crippen molar-refractivity contribution in [1.29, 1.82) is 0 Å². The van der Waals surface area contributed by atoms with Gasteiger partial charge in [-0.05, 0) is 26.0 Å². The predicted molar refractivity (Wildman–Crippen MR) is 105 cm³/mol. The van der Waals surface area contributed by atoms with E-state index >= 15 is 0 Å². The summed E-state index contributed by atoms with van der Waals surface area (Å²) in [6.45, 7) is 4.55. The molecule has 0 aliphatic rings. The van der Waals surface area contributed by atoms with Gasteiger partial charge in [0, 0.05) is 23.5 Å². The number of aromatic nitrogens is 2. The molecule has 1 N–H and O–H groups in total. The minimum Gasteiger partial charge on any atom is -0.493 e. The van der Waals surface area contributed by atoms with Crippen LogP contribution in [0.4, 0.5) is 0 Å². The van der Waals surface area contributed by atoms with Crippen LogP contribution in [0.25, 0.3) is 10.8 Å². The molecule has 27 heavy (non-hydrogen) atoms. The molecule has 3 rings (SSSR count). The average Bonchev–Trinajstić information content (AvgIpc) is 3.10. The zero-order valence-corrected chi connectivity index (χ0v) is 16.5. The Hall–Kier alpha value is -2.87. The first-order chi connectivity index (χ1) is 13.0. The summed E-state index contributed by atoms with van der Waals surface area (Å²) in [5.41, 5.74) is 1.03. The van der Waals surface area contributed by atoms with E-state index in [1.165, 1.54) is 30.1 Å². The van der Waals surface area contributed by atoms with Crippen LogP contribution in [0.1, 0.15) is 28.0 Å². The minimum absolute atomic E-state index is 0.180. The molecule has 2 aromatic heterocycles. The number of nitrogens with one attached hydrogen (secondary N) is 1. The number of carbonyl (C=O) groups is 1. The Morgan fingerprint density at radius 1 is 1.22 bits per heavy atom. The highest BCUT2D eigenvalue weighted by molar-refractivity contribution is 7.09. The van der Waals surface area contributed by atoms with Crippen molar-refractivity contribution in [3.8, 4) is 11.5 Å². The molecule has 0 aliphatic carbocycles. The summed E-state index contributed by atoms with van der Waals surface area (Å²) >= 11 is 1.53. The number of fused-ring (bicyclic) bond motifs is 1. The van der Waals surface area contributed by atoms with Crippen LogP contribution in [0, 0.1) is 6.92 Å². The van der Waals surface area contributed by atoms with E-state index in [1.54, 1.807) is 18.3 Å². The average molecular weight is 387 g/mol. The van der Waals surface area contributed by atoms with Crippen LogP contribution in [0.3, 0.4) is 0 Å². The summed E-state index contributed by atoms with van der Waals surface area (Å²) in [6, 6.07) is 3.28. The highest BCUT2D eigenvalue weighted by Crippen LogP contribution is 2.32. The smallest absolute Gasteiger partial charge is 0.258 e. The SMILES string of the molecule is CCn1cc(C(=O)NCc2csc(C)n2)c2cc(OC)c(OC)cc2c1=O. The summed E-state index contributed by atoms with van der Waals surface area (Å²) in [4.78, 5) is 29.9. The number of nitrogens with zero attached hydrogens (tertiary/aromatic N) is 2. The van der Waals surface area contributed by atoms with Gasteiger partial charge in [0.2, 0.25) is 0 Å². The van der Waals surface area contributed by atoms with Gasteiger partial charge in [0.25, 0.3) is 11.5 Å². The molecule has 0 spiro atoms. The zero-order valence-electron chi connectivity index (χ0n) is 15.7. The highest BCUT2D eigenvalue weighted by atomic mass is 32.1. The normalized spacial score (nSPS) is 10.8. The molecule has 7 nitrogen and oxygen atoms in total. The van der Waals surface area contributed by atoms with Gasteiger partial charge in [-0.25, -0.2) is 4.98 Å². The van der Waals surface area contributed by atoms with Crippen LogP contribution < -0.4 is 20.3 Å². The number of methoxy groups -OCH3 is 2. The fourth-order valence-corrected chi connectivity index (χ4v) is 3.50. The molecule has 0 fully saturated rings. The molecule has 8 heteroatoms. The van der Waals surface area contributed by atoms with E-state index in [2.05, 4.69) is 10.3 Å². The fourth-order valence-electron chi connectivity index (χ4n) is 2.89. The second-order valence-corrected chi connectivity index (χ2v) is 6.99. The standard InChI is InChI=1S/C19H21N3O4S/c1-5-22-9-15(18(23)20-8-12-10-27-11(2)21-12)13-6-16(25-3)17(26-4)7-14(13)19(22)24/h6-7,9-10H,5,8H2,1-4H3,(H,20,23). The molecule has 2 heterocycles. The number of ether oxygens (including phenoxy) is 2. The van der Waals surface area contributed by atoms with Gasteiger partial charge in [0.1, 0.15) is 0 Å². The third kappa shape index (κ3) is 3.66. The number of pyridine rings is 1. The predicted octanol–water partition coefficient (Wildman–Crippen LogP) is 2.73. The van der Waals surface area contributed by atoms with Gasteiger partial charge in [0.05, 0.1) is 42.4 Å². The summed E-state index contributed by atoms with van der Waals surface area (Å²) in [5.74, 6) is 0.628. The van der Waals surface area contributed by atoms with E-state index in [4.69, 9.17) is 9.47 Å². The number of benzene rings is 1. The number of amides is 1. The fraction of sp³-hybridized carbons (Fsp3) is 0.316. The molecule has 1 aromatic carbocycles. The van der Waals surface area contributed by atoms with Gasteiger partial charge >= 0.3 is 0 Å². The van der Waals surface area contributed by atoms with E-state index in [0.717, 1.165) is 10.7 Å². The van der Waals surface area contributed by atoms with Crippen molar-refractivity contribution < 1.29 is 14.3 Å². The summed E-state index contributed by atoms with van der Waals surface area (Å²) in [7, 11) is 3.02. The van der Waals surface area contributed by atoms with Gasteiger partial charge in [0.15, 0.2) is 11.5 Å². The lowest BCUT2D eigenvalue weighted by Crippen LogP contribution is -2.27. The lowest BCUT2D eigenvalue weighted by atomic mass is 10.1. The molecule has 0 atom stereocenters. The van der Waals surface area contributed by atoms with Crippen LogP contribution in [0.15, 0.2) is 28.5 Å². The zero-order chi connectivity index (χ0) is 19.6. The Bertz CT molecular complexity index is 1060. The molecule has 3 aromatic rings. The molecule has 0 bridgehead atoms. The molecule has 0 radical (unpaired) electrons. The number of hydrogen-bond donors (Lipinski definition) is 1. The first-order valence-corrected chi connectivity index (χ1v) is 9.34. The van der Waals surface area contributed by atoms with Crippen molar-refractivity contribution in [3.63, 3.8) is 0 Å². The number of hydrogen-bond acceptors (Lipinski definition) is 6. The monoisotopic (exact) mass is 387 g/mol. The Labute approximate surface area is 160 Å². The van der Waals surface area contributed by atoms with Gasteiger partial charge < -0.3 is 19.4 Å². The molecule has 1 amide bonds. The Kier molecular flexibility index (Phi) is 5.46. The van der Waals surface area contributed by atoms with E-state index in [1.807, 2.05) is 19.2 Å². The van der Waals surface area contributed by atoms with Crippen LogP contribution in [-0.2, 0) is 13.1 Å². The Morgan fingerprint density at radius 2 is 1.89 bits per heavy atom. The van der Waals surface area contributed by atoms with Gasteiger partial charge in [-0.15, -0.1) is 11.3 Å². The van der Waals surface area contributed by atoms with Crippen LogP contribution in [0.5, 0.6) is 11.5 Å². The van der Waals surface area contributed by atoms with Crippen molar-refractivity contribution in [1.82, 2.24) is 14.9 Å². The molecule has 0 saturated heterocycles. The number of aryl methyl sites for hydroxylation is 2. The third-order valence-electron chi connectivity index (χ3n) is 4.27. The van der Waals surface area contributed by atoms with Crippen LogP contribution >= 0.6 is 11.3 Å². The van der Waals surface area contributed by atoms with Crippen molar-refractivity contribution in [2.75, 3.05) is 14.2 Å². The number of rotatable bonds is 6. The summed E-state index contributed by atoms with van der Waals surface area (Å²) in [6.07, 6.45) is 1.58. The lowest BCUT2D eigenvalue weighted by molar-refractivity contribution is 0.0951. The third-order valence-corrected chi connectivity index (χ3v) is 5.09. The topological polar surface area (TPSA) is 82.5 Å². The summed E-state index contributed by atoms with van der Waals surface area (Å²) < 4.78 is 12.1. The molecule has 0 unspecified atom stereocenters. The largest absolute Gasteiger partial charge is 0.493 e. The number of thiazole rings is 1. The first kappa shape index (κ1) is 18.9. The molecule has 142 valence electrons. The van der Waals surface area contributed by atoms with Crippen LogP contribution in [0.2, 0.25) is 0 Å². The van der Waals surface area contributed by atoms with Crippen molar-refractivity contribution in [2.45, 2.75) is 26.9 Å². The minimum atomic E-state index is -0.278. The maximum absolute atomic E-state index is 12.8. The Balaban J connectivity index is 2.08. The molecule has 0 aliphatic heterocycles. The molecular formula is C19H21N3O4S. The van der Waals surface area contributed by atoms with Gasteiger partial charge in [-0.1, -0.05) is 0 Å². The second-order valence-electron chi connectivity index (χ2n) is 5.93. The Morgan fingerprint density at radius 3 is 2.44 bits per heavy atom. The molecular weight excluding hydrogens is 366 g/mol. The lowest BCUT2D eigenvalue weighted by Gasteiger charge is -2.14. The number of carbonyl (C=O) groups excluding carboxylic acids is 1.